The molecule has 0 spiro atoms. The van der Waals surface area contributed by atoms with Crippen molar-refractivity contribution in [1.82, 2.24) is 10.6 Å². The predicted molar refractivity (Wildman–Crippen MR) is 117 cm³/mol. The molecule has 2 N–H and O–H groups in total. The number of nitrogens with one attached hydrogen (secondary N) is 2. The number of benzene rings is 1. The van der Waals surface area contributed by atoms with Crippen LogP contribution >= 0.6 is 0 Å². The van der Waals surface area contributed by atoms with Gasteiger partial charge in [0.1, 0.15) is 0 Å². The van der Waals surface area contributed by atoms with Gasteiger partial charge in [0.15, 0.2) is 17.5 Å². The number of hydrogen-bond donors (Lipinski definition) is 2. The Labute approximate surface area is 175 Å². The summed E-state index contributed by atoms with van der Waals surface area (Å²) >= 11 is 0. The summed E-state index contributed by atoms with van der Waals surface area (Å²) < 4.78 is 17.4. The van der Waals surface area contributed by atoms with E-state index in [0.717, 1.165) is 42.6 Å². The molecule has 2 aliphatic rings. The van der Waals surface area contributed by atoms with Crippen LogP contribution in [0.25, 0.3) is 0 Å². The maximum absolute atomic E-state index is 5.93. The van der Waals surface area contributed by atoms with Gasteiger partial charge >= 0.3 is 0 Å². The highest BCUT2D eigenvalue weighted by molar-refractivity contribution is 5.81. The van der Waals surface area contributed by atoms with E-state index in [2.05, 4.69) is 50.5 Å². The lowest BCUT2D eigenvalue weighted by molar-refractivity contribution is -0.106. The first-order valence-corrected chi connectivity index (χ1v) is 11.0. The van der Waals surface area contributed by atoms with E-state index in [9.17, 15) is 0 Å². The van der Waals surface area contributed by atoms with E-state index in [-0.39, 0.29) is 11.5 Å². The summed E-state index contributed by atoms with van der Waals surface area (Å²) in [4.78, 5) is 4.69. The van der Waals surface area contributed by atoms with Crippen LogP contribution in [0.5, 0.6) is 11.5 Å². The van der Waals surface area contributed by atoms with Crippen molar-refractivity contribution >= 4 is 5.96 Å². The first kappa shape index (κ1) is 21.8. The number of hydrogen-bond acceptors (Lipinski definition) is 4. The van der Waals surface area contributed by atoms with Gasteiger partial charge in [0.2, 0.25) is 0 Å². The maximum atomic E-state index is 5.93. The average molecular weight is 404 g/mol. The van der Waals surface area contributed by atoms with Crippen molar-refractivity contribution in [1.29, 1.82) is 0 Å². The third-order valence-electron chi connectivity index (χ3n) is 6.13. The van der Waals surface area contributed by atoms with Crippen LogP contribution in [0.15, 0.2) is 23.2 Å². The summed E-state index contributed by atoms with van der Waals surface area (Å²) in [5.41, 5.74) is 1.25. The Morgan fingerprint density at radius 3 is 2.62 bits per heavy atom. The van der Waals surface area contributed by atoms with Gasteiger partial charge in [-0.15, -0.1) is 0 Å². The van der Waals surface area contributed by atoms with Crippen LogP contribution in [0.2, 0.25) is 0 Å². The highest BCUT2D eigenvalue weighted by Crippen LogP contribution is 2.52. The molecule has 29 heavy (non-hydrogen) atoms. The minimum atomic E-state index is 0.0847. The molecule has 1 aromatic rings. The topological polar surface area (TPSA) is 64.1 Å². The largest absolute Gasteiger partial charge is 0.490 e. The third kappa shape index (κ3) is 4.47. The number of nitrogens with zero attached hydrogens (tertiary/aromatic N) is 1. The van der Waals surface area contributed by atoms with Crippen molar-refractivity contribution in [3.63, 3.8) is 0 Å². The fraction of sp³-hybridized carbons (Fsp3) is 0.696. The zero-order chi connectivity index (χ0) is 21.0. The molecule has 6 heteroatoms. The second-order valence-electron chi connectivity index (χ2n) is 8.45. The number of ether oxygens (including phenoxy) is 3. The number of guanidine groups is 1. The fourth-order valence-electron chi connectivity index (χ4n) is 4.68. The molecule has 1 saturated carbocycles. The molecule has 0 amide bonds. The normalized spacial score (nSPS) is 26.3. The lowest BCUT2D eigenvalue weighted by Gasteiger charge is -2.55. The quantitative estimate of drug-likeness (QED) is 0.509. The first-order chi connectivity index (χ1) is 13.9. The van der Waals surface area contributed by atoms with Gasteiger partial charge in [-0.25, -0.2) is 0 Å². The van der Waals surface area contributed by atoms with Gasteiger partial charge in [0.25, 0.3) is 0 Å². The van der Waals surface area contributed by atoms with Crippen LogP contribution in [0.4, 0.5) is 0 Å². The number of rotatable bonds is 8. The minimum Gasteiger partial charge on any atom is -0.490 e. The molecule has 0 radical (unpaired) electrons. The smallest absolute Gasteiger partial charge is 0.191 e. The molecule has 4 unspecified atom stereocenters. The van der Waals surface area contributed by atoms with Crippen molar-refractivity contribution in [3.8, 4) is 11.5 Å². The van der Waals surface area contributed by atoms with Gasteiger partial charge in [0.05, 0.1) is 25.4 Å². The lowest BCUT2D eigenvalue weighted by atomic mass is 9.57. The van der Waals surface area contributed by atoms with Crippen LogP contribution in [-0.2, 0) is 4.74 Å². The van der Waals surface area contributed by atoms with Crippen molar-refractivity contribution in [2.45, 2.75) is 66.2 Å². The van der Waals surface area contributed by atoms with Crippen LogP contribution in [0, 0.1) is 11.3 Å². The van der Waals surface area contributed by atoms with Crippen molar-refractivity contribution in [2.24, 2.45) is 16.3 Å². The Balaban J connectivity index is 1.70. The van der Waals surface area contributed by atoms with E-state index >= 15 is 0 Å². The van der Waals surface area contributed by atoms with Crippen LogP contribution in [0.3, 0.4) is 0 Å². The average Bonchev–Trinajstić information content (AvgIpc) is 3.15. The summed E-state index contributed by atoms with van der Waals surface area (Å²) in [5, 5.41) is 7.26. The second kappa shape index (κ2) is 9.24. The molecule has 1 aliphatic heterocycles. The Kier molecular flexibility index (Phi) is 6.93. The van der Waals surface area contributed by atoms with Gasteiger partial charge < -0.3 is 24.8 Å². The van der Waals surface area contributed by atoms with E-state index in [4.69, 9.17) is 19.2 Å². The van der Waals surface area contributed by atoms with Crippen molar-refractivity contribution in [3.05, 3.63) is 23.8 Å². The van der Waals surface area contributed by atoms with Gasteiger partial charge in [-0.1, -0.05) is 19.9 Å². The number of aliphatic imine (C=N–C) groups is 1. The van der Waals surface area contributed by atoms with Gasteiger partial charge in [0, 0.05) is 30.5 Å². The summed E-state index contributed by atoms with van der Waals surface area (Å²) in [5.74, 6) is 3.00. The van der Waals surface area contributed by atoms with E-state index < -0.39 is 0 Å². The zero-order valence-electron chi connectivity index (χ0n) is 18.7. The Morgan fingerprint density at radius 1 is 1.21 bits per heavy atom. The second-order valence-corrected chi connectivity index (χ2v) is 8.45. The monoisotopic (exact) mass is 403 g/mol. The van der Waals surface area contributed by atoms with Crippen LogP contribution in [-0.4, -0.2) is 44.5 Å². The molecule has 4 atom stereocenters. The maximum Gasteiger partial charge on any atom is 0.191 e. The highest BCUT2D eigenvalue weighted by atomic mass is 16.5. The molecule has 3 rings (SSSR count). The highest BCUT2D eigenvalue weighted by Gasteiger charge is 2.59. The fourth-order valence-corrected chi connectivity index (χ4v) is 4.68. The molecule has 1 aliphatic carbocycles. The molecule has 1 heterocycles. The Morgan fingerprint density at radius 2 is 1.93 bits per heavy atom. The van der Waals surface area contributed by atoms with Crippen molar-refractivity contribution < 1.29 is 14.2 Å². The van der Waals surface area contributed by atoms with E-state index in [0.29, 0.717) is 31.3 Å². The summed E-state index contributed by atoms with van der Waals surface area (Å²) in [6, 6.07) is 6.59. The van der Waals surface area contributed by atoms with Gasteiger partial charge in [-0.3, -0.25) is 4.99 Å². The van der Waals surface area contributed by atoms with Crippen LogP contribution in [0.1, 0.15) is 59.6 Å². The Hall–Kier alpha value is -1.95. The molecular weight excluding hydrogens is 366 g/mol. The van der Waals surface area contributed by atoms with Crippen molar-refractivity contribution in [2.75, 3.05) is 26.4 Å². The van der Waals surface area contributed by atoms with Crippen LogP contribution < -0.4 is 20.1 Å². The molecule has 6 nitrogen and oxygen atoms in total. The summed E-state index contributed by atoms with van der Waals surface area (Å²) in [6.07, 6.45) is 1.48. The van der Waals surface area contributed by atoms with E-state index in [1.807, 2.05) is 19.9 Å². The SMILES string of the molecule is CCN=C(NC(C)c1ccc(OCC)c(OCC)c1)NC1C2CCOC2C1(C)C. The van der Waals surface area contributed by atoms with E-state index in [1.165, 1.54) is 0 Å². The first-order valence-electron chi connectivity index (χ1n) is 11.0. The van der Waals surface area contributed by atoms with Gasteiger partial charge in [-0.05, 0) is 51.8 Å². The molecule has 0 bridgehead atoms. The predicted octanol–water partition coefficient (Wildman–Crippen LogP) is 3.91. The third-order valence-corrected chi connectivity index (χ3v) is 6.13. The van der Waals surface area contributed by atoms with Gasteiger partial charge in [-0.2, -0.15) is 0 Å². The number of fused-ring (bicyclic) bond motifs is 1. The Bertz CT molecular complexity index is 719. The summed E-state index contributed by atoms with van der Waals surface area (Å²) in [7, 11) is 0. The standard InChI is InChI=1S/C23H37N3O3/c1-7-24-22(26-20-17-12-13-29-21(17)23(20,5)6)25-15(4)16-10-11-18(27-8-2)19(14-16)28-9-3/h10-11,14-15,17,20-21H,7-9,12-13H2,1-6H3,(H2,24,25,26). The summed E-state index contributed by atoms with van der Waals surface area (Å²) in [6.45, 7) is 15.6. The molecule has 0 aromatic heterocycles. The molecular formula is C23H37N3O3. The molecule has 1 saturated heterocycles. The molecule has 162 valence electrons. The molecule has 2 fully saturated rings. The zero-order valence-corrected chi connectivity index (χ0v) is 18.7. The van der Waals surface area contributed by atoms with E-state index in [1.54, 1.807) is 0 Å². The minimum absolute atomic E-state index is 0.0847. The lowest BCUT2D eigenvalue weighted by Crippen LogP contribution is -2.68. The molecule has 1 aromatic carbocycles.